The molecule has 0 aromatic carbocycles. The van der Waals surface area contributed by atoms with E-state index < -0.39 is 16.4 Å². The smallest absolute Gasteiger partial charge is 0.233 e. The summed E-state index contributed by atoms with van der Waals surface area (Å²) in [5.41, 5.74) is 0. The van der Waals surface area contributed by atoms with E-state index in [1.165, 1.54) is 0 Å². The number of halogens is 2. The Hall–Kier alpha value is -0.0800. The molecule has 0 N–H and O–H groups in total. The van der Waals surface area contributed by atoms with Crippen LogP contribution in [0.3, 0.4) is 0 Å². The molecular weight excluding hydrogens is 199 g/mol. The van der Waals surface area contributed by atoms with Gasteiger partial charge in [0.15, 0.2) is 0 Å². The molecule has 0 aromatic rings. The molecule has 0 amide bonds. The average Bonchev–Trinajstić information content (AvgIpc) is 1.98. The van der Waals surface area contributed by atoms with E-state index in [9.17, 15) is 9.59 Å². The minimum absolute atomic E-state index is 0.292. The SMILES string of the molecule is CCC(C)CC(C(=O)Cl)C(=O)Cl. The van der Waals surface area contributed by atoms with Crippen LogP contribution in [0.1, 0.15) is 26.7 Å². The van der Waals surface area contributed by atoms with Crippen molar-refractivity contribution in [3.05, 3.63) is 0 Å². The highest BCUT2D eigenvalue weighted by Crippen LogP contribution is 2.19. The Bertz CT molecular complexity index is 166. The zero-order valence-corrected chi connectivity index (χ0v) is 8.65. The second-order valence-corrected chi connectivity index (χ2v) is 3.65. The first-order valence-corrected chi connectivity index (χ1v) is 4.63. The van der Waals surface area contributed by atoms with Gasteiger partial charge in [-0.2, -0.15) is 0 Å². The van der Waals surface area contributed by atoms with Gasteiger partial charge < -0.3 is 0 Å². The fourth-order valence-electron chi connectivity index (χ4n) is 0.844. The molecule has 0 spiro atoms. The molecule has 0 saturated carbocycles. The topological polar surface area (TPSA) is 34.1 Å². The van der Waals surface area contributed by atoms with E-state index in [4.69, 9.17) is 23.2 Å². The highest BCUT2D eigenvalue weighted by atomic mass is 35.5. The van der Waals surface area contributed by atoms with Gasteiger partial charge in [-0.3, -0.25) is 9.59 Å². The summed E-state index contributed by atoms with van der Waals surface area (Å²) in [6, 6.07) is 0. The van der Waals surface area contributed by atoms with Crippen molar-refractivity contribution in [3.8, 4) is 0 Å². The van der Waals surface area contributed by atoms with Gasteiger partial charge in [-0.15, -0.1) is 0 Å². The maximum absolute atomic E-state index is 10.7. The van der Waals surface area contributed by atoms with Gasteiger partial charge in [-0.25, -0.2) is 0 Å². The lowest BCUT2D eigenvalue weighted by Crippen LogP contribution is -2.18. The molecule has 0 radical (unpaired) electrons. The Balaban J connectivity index is 4.14. The summed E-state index contributed by atoms with van der Waals surface area (Å²) in [5, 5.41) is -1.31. The van der Waals surface area contributed by atoms with Crippen LogP contribution in [0, 0.1) is 11.8 Å². The van der Waals surface area contributed by atoms with E-state index in [1.54, 1.807) is 0 Å². The van der Waals surface area contributed by atoms with Gasteiger partial charge in [0.1, 0.15) is 5.92 Å². The van der Waals surface area contributed by atoms with E-state index in [-0.39, 0.29) is 0 Å². The van der Waals surface area contributed by atoms with Crippen molar-refractivity contribution in [1.29, 1.82) is 0 Å². The van der Waals surface area contributed by atoms with Crippen molar-refractivity contribution < 1.29 is 9.59 Å². The van der Waals surface area contributed by atoms with E-state index in [0.717, 1.165) is 6.42 Å². The lowest BCUT2D eigenvalue weighted by Gasteiger charge is -2.11. The standard InChI is InChI=1S/C8H12Cl2O2/c1-3-5(2)4-6(7(9)11)8(10)12/h5-6H,3-4H2,1-2H3. The molecule has 4 heteroatoms. The van der Waals surface area contributed by atoms with Crippen LogP contribution in [0.4, 0.5) is 0 Å². The van der Waals surface area contributed by atoms with Crippen molar-refractivity contribution in [2.45, 2.75) is 26.7 Å². The molecule has 2 nitrogen and oxygen atoms in total. The third kappa shape index (κ3) is 4.07. The number of carbonyl (C=O) groups excluding carboxylic acids is 2. The Morgan fingerprint density at radius 1 is 1.25 bits per heavy atom. The summed E-state index contributed by atoms with van der Waals surface area (Å²) in [5.74, 6) is -0.538. The van der Waals surface area contributed by atoms with Gasteiger partial charge >= 0.3 is 0 Å². The first kappa shape index (κ1) is 11.9. The van der Waals surface area contributed by atoms with Gasteiger partial charge in [0.2, 0.25) is 10.5 Å². The van der Waals surface area contributed by atoms with Gasteiger partial charge in [0, 0.05) is 0 Å². The van der Waals surface area contributed by atoms with E-state index in [0.29, 0.717) is 12.3 Å². The molecule has 0 aliphatic heterocycles. The molecule has 0 heterocycles. The summed E-state index contributed by atoms with van der Waals surface area (Å²) in [7, 11) is 0. The number of carbonyl (C=O) groups is 2. The van der Waals surface area contributed by atoms with Gasteiger partial charge in [0.05, 0.1) is 0 Å². The average molecular weight is 211 g/mol. The molecule has 0 bridgehead atoms. The van der Waals surface area contributed by atoms with Crippen molar-refractivity contribution in [1.82, 2.24) is 0 Å². The first-order chi connectivity index (χ1) is 5.49. The number of rotatable bonds is 5. The maximum Gasteiger partial charge on any atom is 0.233 e. The third-order valence-electron chi connectivity index (χ3n) is 1.88. The van der Waals surface area contributed by atoms with Crippen LogP contribution < -0.4 is 0 Å². The van der Waals surface area contributed by atoms with Gasteiger partial charge in [-0.1, -0.05) is 20.3 Å². The molecule has 0 aliphatic rings. The van der Waals surface area contributed by atoms with Crippen molar-refractivity contribution in [2.24, 2.45) is 11.8 Å². The molecule has 0 saturated heterocycles. The largest absolute Gasteiger partial charge is 0.280 e. The minimum Gasteiger partial charge on any atom is -0.280 e. The van der Waals surface area contributed by atoms with E-state index in [2.05, 4.69) is 0 Å². The molecule has 12 heavy (non-hydrogen) atoms. The van der Waals surface area contributed by atoms with Crippen molar-refractivity contribution in [3.63, 3.8) is 0 Å². The highest BCUT2D eigenvalue weighted by molar-refractivity contribution is 6.73. The van der Waals surface area contributed by atoms with Crippen LogP contribution in [0.5, 0.6) is 0 Å². The van der Waals surface area contributed by atoms with Crippen LogP contribution in [0.15, 0.2) is 0 Å². The zero-order chi connectivity index (χ0) is 9.72. The van der Waals surface area contributed by atoms with Crippen LogP contribution in [0.25, 0.3) is 0 Å². The Morgan fingerprint density at radius 3 is 1.92 bits per heavy atom. The lowest BCUT2D eigenvalue weighted by molar-refractivity contribution is -0.124. The van der Waals surface area contributed by atoms with Crippen molar-refractivity contribution in [2.75, 3.05) is 0 Å². The predicted octanol–water partition coefficient (Wildman–Crippen LogP) is 2.57. The Kier molecular flexibility index (Phi) is 5.51. The summed E-state index contributed by atoms with van der Waals surface area (Å²) >= 11 is 10.4. The second-order valence-electron chi connectivity index (χ2n) is 2.91. The van der Waals surface area contributed by atoms with Crippen LogP contribution in [0.2, 0.25) is 0 Å². The van der Waals surface area contributed by atoms with Gasteiger partial charge in [-0.05, 0) is 35.5 Å². The maximum atomic E-state index is 10.7. The second kappa shape index (κ2) is 5.55. The number of hydrogen-bond donors (Lipinski definition) is 0. The van der Waals surface area contributed by atoms with Crippen molar-refractivity contribution >= 4 is 33.7 Å². The molecule has 0 aliphatic carbocycles. The normalized spacial score (nSPS) is 13.1. The van der Waals surface area contributed by atoms with Crippen LogP contribution in [-0.2, 0) is 9.59 Å². The van der Waals surface area contributed by atoms with E-state index >= 15 is 0 Å². The Morgan fingerprint density at radius 2 is 1.67 bits per heavy atom. The summed E-state index contributed by atoms with van der Waals surface area (Å²) in [6.45, 7) is 3.94. The molecular formula is C8H12Cl2O2. The first-order valence-electron chi connectivity index (χ1n) is 3.87. The predicted molar refractivity (Wildman–Crippen MR) is 49.3 cm³/mol. The molecule has 0 fully saturated rings. The Labute approximate surface area is 82.2 Å². The fourth-order valence-corrected chi connectivity index (χ4v) is 1.28. The molecule has 1 unspecified atom stereocenters. The molecule has 70 valence electrons. The van der Waals surface area contributed by atoms with Crippen LogP contribution >= 0.6 is 23.2 Å². The minimum atomic E-state index is -0.830. The summed E-state index contributed by atoms with van der Waals surface area (Å²) in [4.78, 5) is 21.4. The molecule has 0 aromatic heterocycles. The van der Waals surface area contributed by atoms with E-state index in [1.807, 2.05) is 13.8 Å². The van der Waals surface area contributed by atoms with Crippen LogP contribution in [-0.4, -0.2) is 10.5 Å². The lowest BCUT2D eigenvalue weighted by atomic mass is 9.96. The zero-order valence-electron chi connectivity index (χ0n) is 7.14. The summed E-state index contributed by atoms with van der Waals surface area (Å²) in [6.07, 6.45) is 1.35. The van der Waals surface area contributed by atoms with Gasteiger partial charge in [0.25, 0.3) is 0 Å². The quantitative estimate of drug-likeness (QED) is 0.517. The highest BCUT2D eigenvalue weighted by Gasteiger charge is 2.24. The summed E-state index contributed by atoms with van der Waals surface area (Å²) < 4.78 is 0. The monoisotopic (exact) mass is 210 g/mol. The number of hydrogen-bond acceptors (Lipinski definition) is 2. The molecule has 1 atom stereocenters. The third-order valence-corrected chi connectivity index (χ3v) is 2.41. The molecule has 0 rings (SSSR count). The fraction of sp³-hybridized carbons (Fsp3) is 0.750.